The summed E-state index contributed by atoms with van der Waals surface area (Å²) in [6.45, 7) is 10.2. The summed E-state index contributed by atoms with van der Waals surface area (Å²) in [6.07, 6.45) is -0.748. The van der Waals surface area contributed by atoms with Crippen LogP contribution in [-0.4, -0.2) is 119 Å². The lowest BCUT2D eigenvalue weighted by Crippen LogP contribution is -2.62. The summed E-state index contributed by atoms with van der Waals surface area (Å²) < 4.78 is 40.7. The maximum atomic E-state index is 13.3. The van der Waals surface area contributed by atoms with Crippen molar-refractivity contribution in [1.82, 2.24) is 0 Å². The zero-order valence-electron chi connectivity index (χ0n) is 34.0. The Morgan fingerprint density at radius 3 is 2.14 bits per heavy atom. The Hall–Kier alpha value is -3.18. The van der Waals surface area contributed by atoms with Crippen molar-refractivity contribution in [3.05, 3.63) is 35.5 Å². The van der Waals surface area contributed by atoms with E-state index < -0.39 is 102 Å². The first-order valence-electron chi connectivity index (χ1n) is 19.6. The summed E-state index contributed by atoms with van der Waals surface area (Å²) in [7, 11) is 2.51. The molecule has 0 radical (unpaired) electrons. The van der Waals surface area contributed by atoms with Gasteiger partial charge >= 0.3 is 23.9 Å². The maximum Gasteiger partial charge on any atom is 0.330 e. The van der Waals surface area contributed by atoms with Crippen molar-refractivity contribution >= 4 is 23.9 Å². The molecule has 0 saturated carbocycles. The molecule has 0 aliphatic carbocycles. The van der Waals surface area contributed by atoms with E-state index >= 15 is 0 Å². The first kappa shape index (κ1) is 45.5. The Morgan fingerprint density at radius 1 is 0.893 bits per heavy atom. The number of hydrogen-bond acceptors (Lipinski definition) is 15. The van der Waals surface area contributed by atoms with Crippen LogP contribution in [0.2, 0.25) is 0 Å². The number of carbonyl (C=O) groups is 4. The van der Waals surface area contributed by atoms with Crippen molar-refractivity contribution in [3.8, 4) is 0 Å². The molecule has 10 atom stereocenters. The molecule has 6 bridgehead atoms. The smallest absolute Gasteiger partial charge is 0.330 e. The number of hydrogen-bond donors (Lipinski definition) is 4. The summed E-state index contributed by atoms with van der Waals surface area (Å²) in [4.78, 5) is 50.9. The number of fused-ring (bicyclic) bond motifs is 6. The molecular weight excluding hydrogens is 732 g/mol. The predicted octanol–water partition coefficient (Wildman–Crippen LogP) is 3.63. The monoisotopic (exact) mass is 794 g/mol. The number of cyclic esters (lactones) is 1. The Labute approximate surface area is 329 Å². The Kier molecular flexibility index (Phi) is 15.1. The van der Waals surface area contributed by atoms with Gasteiger partial charge in [-0.05, 0) is 32.6 Å². The number of aliphatic hydroxyl groups excluding tert-OH is 2. The lowest BCUT2D eigenvalue weighted by molar-refractivity contribution is -0.348. The molecule has 4 N–H and O–H groups in total. The van der Waals surface area contributed by atoms with Crippen molar-refractivity contribution in [1.29, 1.82) is 0 Å². The van der Waals surface area contributed by atoms with Gasteiger partial charge in [0.15, 0.2) is 11.6 Å². The van der Waals surface area contributed by atoms with Gasteiger partial charge in [-0.25, -0.2) is 9.59 Å². The summed E-state index contributed by atoms with van der Waals surface area (Å²) in [5, 5.41) is 46.6. The van der Waals surface area contributed by atoms with Gasteiger partial charge in [0.1, 0.15) is 12.2 Å². The number of ether oxygens (including phenoxy) is 7. The van der Waals surface area contributed by atoms with Crippen LogP contribution in [0.3, 0.4) is 0 Å². The van der Waals surface area contributed by atoms with Gasteiger partial charge in [-0.1, -0.05) is 57.9 Å². The molecule has 0 unspecified atom stereocenters. The van der Waals surface area contributed by atoms with E-state index in [1.54, 1.807) is 39.8 Å². The highest BCUT2D eigenvalue weighted by atomic mass is 16.6. The molecule has 56 heavy (non-hydrogen) atoms. The zero-order valence-corrected chi connectivity index (χ0v) is 34.0. The number of esters is 4. The topological polar surface area (TPSA) is 214 Å². The van der Waals surface area contributed by atoms with Crippen LogP contribution in [0, 0.1) is 10.8 Å². The first-order chi connectivity index (χ1) is 26.1. The number of rotatable bonds is 6. The highest BCUT2D eigenvalue weighted by Crippen LogP contribution is 2.50. The minimum Gasteiger partial charge on any atom is -0.466 e. The molecule has 4 rings (SSSR count). The first-order valence-corrected chi connectivity index (χ1v) is 19.6. The average Bonchev–Trinajstić information content (AvgIpc) is 3.08. The van der Waals surface area contributed by atoms with Crippen LogP contribution in [0.4, 0.5) is 0 Å². The lowest BCUT2D eigenvalue weighted by Gasteiger charge is -2.53. The molecule has 15 heteroatoms. The van der Waals surface area contributed by atoms with Gasteiger partial charge in [-0.3, -0.25) is 9.59 Å². The molecule has 4 aliphatic rings. The van der Waals surface area contributed by atoms with Crippen molar-refractivity contribution < 1.29 is 72.8 Å². The van der Waals surface area contributed by atoms with Crippen LogP contribution >= 0.6 is 0 Å². The van der Waals surface area contributed by atoms with Gasteiger partial charge in [0.2, 0.25) is 0 Å². The molecule has 0 amide bonds. The van der Waals surface area contributed by atoms with Crippen molar-refractivity contribution in [2.24, 2.45) is 10.8 Å². The van der Waals surface area contributed by atoms with Gasteiger partial charge in [0, 0.05) is 56.1 Å². The van der Waals surface area contributed by atoms with Crippen LogP contribution in [-0.2, 0) is 52.3 Å². The zero-order chi connectivity index (χ0) is 41.6. The van der Waals surface area contributed by atoms with E-state index in [2.05, 4.69) is 0 Å². The van der Waals surface area contributed by atoms with E-state index in [4.69, 9.17) is 33.2 Å². The van der Waals surface area contributed by atoms with Gasteiger partial charge in [0.25, 0.3) is 0 Å². The molecule has 15 nitrogen and oxygen atoms in total. The van der Waals surface area contributed by atoms with E-state index in [-0.39, 0.29) is 57.8 Å². The molecule has 316 valence electrons. The number of aliphatic hydroxyl groups is 4. The van der Waals surface area contributed by atoms with E-state index in [1.807, 2.05) is 6.92 Å². The molecule has 3 saturated heterocycles. The summed E-state index contributed by atoms with van der Waals surface area (Å²) in [5.74, 6) is -6.35. The van der Waals surface area contributed by atoms with E-state index in [0.717, 1.165) is 0 Å². The fraction of sp³-hybridized carbons (Fsp3) is 0.756. The fourth-order valence-corrected chi connectivity index (χ4v) is 7.95. The summed E-state index contributed by atoms with van der Waals surface area (Å²) >= 11 is 0. The third-order valence-corrected chi connectivity index (χ3v) is 11.6. The standard InChI is InChI=1S/C41H62O15/c1-9-10-34(44)54-33-21-30-18-27(43)19-37(47)53-32(24(2)42)20-29-15-26(17-36(46)51-8)22-40(48,55-29)38(3,4)12-11-28-13-25(16-35(45)50-7)14-31(52-28)23-41(49,56-30)39(33,5)6/h11-12,16-17,24,27-33,42-43,48-49H,9-10,13-15,18-23H2,1-8H3/b12-11?,25-16+,26-17?/t24-,27+,28-,29-,30+,31-,32+,33-,40+,41-/m0/s1. The molecule has 4 aliphatic heterocycles. The minimum absolute atomic E-state index is 0.0616. The van der Waals surface area contributed by atoms with Crippen LogP contribution in [0.15, 0.2) is 35.5 Å². The largest absolute Gasteiger partial charge is 0.466 e. The molecular formula is C41H62O15. The second-order valence-electron chi connectivity index (χ2n) is 16.9. The van der Waals surface area contributed by atoms with E-state index in [1.165, 1.54) is 33.3 Å². The van der Waals surface area contributed by atoms with Gasteiger partial charge in [-0.15, -0.1) is 0 Å². The van der Waals surface area contributed by atoms with E-state index in [9.17, 15) is 39.6 Å². The van der Waals surface area contributed by atoms with Crippen LogP contribution in [0.5, 0.6) is 0 Å². The quantitative estimate of drug-likeness (QED) is 0.131. The van der Waals surface area contributed by atoms with E-state index in [0.29, 0.717) is 17.6 Å². The second kappa shape index (κ2) is 18.6. The molecule has 0 aromatic carbocycles. The van der Waals surface area contributed by atoms with Crippen LogP contribution < -0.4 is 0 Å². The second-order valence-corrected chi connectivity index (χ2v) is 16.9. The molecule has 0 spiro atoms. The van der Waals surface area contributed by atoms with Crippen molar-refractivity contribution in [2.75, 3.05) is 14.2 Å². The van der Waals surface area contributed by atoms with Crippen LogP contribution in [0.25, 0.3) is 0 Å². The summed E-state index contributed by atoms with van der Waals surface area (Å²) in [6, 6.07) is 0. The molecule has 0 aromatic rings. The highest BCUT2D eigenvalue weighted by molar-refractivity contribution is 5.83. The molecule has 0 aromatic heterocycles. The van der Waals surface area contributed by atoms with Crippen molar-refractivity contribution in [2.45, 2.75) is 173 Å². The third-order valence-electron chi connectivity index (χ3n) is 11.6. The average molecular weight is 795 g/mol. The lowest BCUT2D eigenvalue weighted by atomic mass is 9.70. The van der Waals surface area contributed by atoms with Gasteiger partial charge in [0.05, 0.1) is 62.7 Å². The maximum absolute atomic E-state index is 13.3. The van der Waals surface area contributed by atoms with Crippen molar-refractivity contribution in [3.63, 3.8) is 0 Å². The fourth-order valence-electron chi connectivity index (χ4n) is 7.95. The number of methoxy groups -OCH3 is 2. The SMILES string of the molecule is CCCC(=O)O[C@H]1C[C@H]2C[C@@H](O)CC(=O)O[C@@H]([C@H](C)O)C[C@@H]3CC(=CC(=O)OC)C[C@@](O)(O3)C(C)(C)C=C[C@H]3C/C(=C\C(=O)OC)C[C@@H](C[C@](O)(O2)C1(C)C)O3. The Bertz CT molecular complexity index is 1510. The van der Waals surface area contributed by atoms with Gasteiger partial charge < -0.3 is 53.6 Å². The minimum atomic E-state index is -1.99. The normalized spacial score (nSPS) is 37.1. The predicted molar refractivity (Wildman–Crippen MR) is 199 cm³/mol. The van der Waals surface area contributed by atoms with Crippen LogP contribution in [0.1, 0.15) is 112 Å². The highest BCUT2D eigenvalue weighted by Gasteiger charge is 2.58. The molecule has 4 heterocycles. The Morgan fingerprint density at radius 2 is 1.52 bits per heavy atom. The summed E-state index contributed by atoms with van der Waals surface area (Å²) in [5.41, 5.74) is -1.15. The molecule has 3 fully saturated rings. The third kappa shape index (κ3) is 11.3. The van der Waals surface area contributed by atoms with Gasteiger partial charge in [-0.2, -0.15) is 0 Å². The Balaban J connectivity index is 1.80. The number of carbonyl (C=O) groups excluding carboxylic acids is 4.